The fourth-order valence-corrected chi connectivity index (χ4v) is 1.12. The number of rotatable bonds is 4. The first-order valence-corrected chi connectivity index (χ1v) is 4.41. The maximum atomic E-state index is 9.65. The third-order valence-electron chi connectivity index (χ3n) is 1.93. The van der Waals surface area contributed by atoms with E-state index in [1.54, 1.807) is 0 Å². The summed E-state index contributed by atoms with van der Waals surface area (Å²) in [6, 6.07) is 3.28. The summed E-state index contributed by atoms with van der Waals surface area (Å²) < 4.78 is 0. The lowest BCUT2D eigenvalue weighted by molar-refractivity contribution is 0.0242. The van der Waals surface area contributed by atoms with Crippen LogP contribution in [0.15, 0.2) is 23.6 Å². The average molecular weight is 219 g/mol. The monoisotopic (exact) mass is 219 g/mol. The van der Waals surface area contributed by atoms with Crippen molar-refractivity contribution < 1.29 is 10.2 Å². The number of nitriles is 1. The van der Waals surface area contributed by atoms with Crippen LogP contribution in [0.1, 0.15) is 17.2 Å². The van der Waals surface area contributed by atoms with Crippen molar-refractivity contribution in [3.63, 3.8) is 0 Å². The summed E-state index contributed by atoms with van der Waals surface area (Å²) in [6.07, 6.45) is 0.235. The summed E-state index contributed by atoms with van der Waals surface area (Å²) in [5.41, 5.74) is 8.65. The second kappa shape index (κ2) is 5.68. The Balaban J connectivity index is 2.83. The molecule has 82 valence electrons. The summed E-state index contributed by atoms with van der Waals surface area (Å²) >= 11 is 0. The summed E-state index contributed by atoms with van der Waals surface area (Å²) in [4.78, 5) is 6.21. The Morgan fingerprint density at radius 3 is 2.94 bits per heavy atom. The molecule has 0 aliphatic heterocycles. The summed E-state index contributed by atoms with van der Waals surface area (Å²) in [5, 5.41) is 30.9. The molecule has 0 aliphatic rings. The van der Waals surface area contributed by atoms with Crippen LogP contribution in [0.5, 0.6) is 0 Å². The molecule has 7 heteroatoms. The van der Waals surface area contributed by atoms with Gasteiger partial charge in [-0.1, -0.05) is 5.11 Å². The Hall–Kier alpha value is -2.13. The quantitative estimate of drug-likeness (QED) is 0.438. The molecule has 0 saturated heterocycles. The van der Waals surface area contributed by atoms with Crippen molar-refractivity contribution in [1.29, 1.82) is 5.26 Å². The van der Waals surface area contributed by atoms with Crippen molar-refractivity contribution >= 4 is 0 Å². The fourth-order valence-electron chi connectivity index (χ4n) is 1.12. The van der Waals surface area contributed by atoms with E-state index in [4.69, 9.17) is 10.8 Å². The van der Waals surface area contributed by atoms with Crippen LogP contribution in [-0.2, 0) is 0 Å². The van der Waals surface area contributed by atoms with Gasteiger partial charge in [-0.05, 0) is 11.6 Å². The molecule has 16 heavy (non-hydrogen) atoms. The Morgan fingerprint density at radius 2 is 2.31 bits per heavy atom. The van der Waals surface area contributed by atoms with Crippen LogP contribution in [0.4, 0.5) is 0 Å². The fraction of sp³-hybridized carbons (Fsp3) is 0.333. The lowest BCUT2D eigenvalue weighted by Crippen LogP contribution is -2.21. The van der Waals surface area contributed by atoms with Gasteiger partial charge in [-0.2, -0.15) is 5.26 Å². The van der Waals surface area contributed by atoms with Crippen molar-refractivity contribution in [2.75, 3.05) is 6.54 Å². The van der Waals surface area contributed by atoms with Gasteiger partial charge in [-0.25, -0.2) is 0 Å². The topological polar surface area (TPSA) is 126 Å². The van der Waals surface area contributed by atoms with E-state index in [0.717, 1.165) is 0 Å². The molecule has 0 spiro atoms. The molecule has 7 nitrogen and oxygen atoms in total. The summed E-state index contributed by atoms with van der Waals surface area (Å²) in [7, 11) is 0. The van der Waals surface area contributed by atoms with Crippen molar-refractivity contribution in [3.05, 3.63) is 40.0 Å². The van der Waals surface area contributed by atoms with Crippen LogP contribution in [0, 0.1) is 11.3 Å². The minimum atomic E-state index is -1.23. The predicted molar refractivity (Wildman–Crippen MR) is 53.9 cm³/mol. The molecular weight excluding hydrogens is 210 g/mol. The first-order chi connectivity index (χ1) is 7.69. The molecule has 0 aromatic carbocycles. The zero-order valence-electron chi connectivity index (χ0n) is 8.22. The van der Waals surface area contributed by atoms with Crippen LogP contribution in [-0.4, -0.2) is 27.8 Å². The average Bonchev–Trinajstić information content (AvgIpc) is 2.35. The van der Waals surface area contributed by atoms with E-state index in [2.05, 4.69) is 15.0 Å². The first kappa shape index (κ1) is 11.9. The molecule has 1 aromatic rings. The van der Waals surface area contributed by atoms with E-state index < -0.39 is 12.2 Å². The molecule has 1 rings (SSSR count). The summed E-state index contributed by atoms with van der Waals surface area (Å²) in [5.74, 6) is 0. The number of hydrogen-bond acceptors (Lipinski definition) is 5. The second-order valence-corrected chi connectivity index (χ2v) is 3.04. The minimum absolute atomic E-state index is 0.242. The highest BCUT2D eigenvalue weighted by Crippen LogP contribution is 2.17. The van der Waals surface area contributed by atoms with Crippen LogP contribution in [0.2, 0.25) is 0 Å². The molecule has 0 fully saturated rings. The Bertz CT molecular complexity index is 449. The standard InChI is InChI=1S/C9H9N5O2/c10-2-6-1-7(4-12-3-6)9(16)8(15)5-13-14-11/h1,3-4,8-9,15-16H,5H2. The van der Waals surface area contributed by atoms with Gasteiger partial charge in [0.2, 0.25) is 0 Å². The molecule has 0 saturated carbocycles. The van der Waals surface area contributed by atoms with Gasteiger partial charge in [-0.15, -0.1) is 0 Å². The number of aliphatic hydroxyl groups is 2. The third kappa shape index (κ3) is 2.93. The summed E-state index contributed by atoms with van der Waals surface area (Å²) in [6.45, 7) is -0.242. The normalized spacial score (nSPS) is 13.3. The van der Waals surface area contributed by atoms with Crippen molar-refractivity contribution in [2.24, 2.45) is 5.11 Å². The molecule has 2 unspecified atom stereocenters. The van der Waals surface area contributed by atoms with Gasteiger partial charge >= 0.3 is 0 Å². The number of nitrogens with zero attached hydrogens (tertiary/aromatic N) is 5. The number of pyridine rings is 1. The molecule has 2 N–H and O–H groups in total. The van der Waals surface area contributed by atoms with Crippen molar-refractivity contribution in [2.45, 2.75) is 12.2 Å². The second-order valence-electron chi connectivity index (χ2n) is 3.04. The highest BCUT2D eigenvalue weighted by molar-refractivity contribution is 5.30. The van der Waals surface area contributed by atoms with E-state index in [0.29, 0.717) is 5.56 Å². The lowest BCUT2D eigenvalue weighted by atomic mass is 10.1. The number of azide groups is 1. The van der Waals surface area contributed by atoms with E-state index in [-0.39, 0.29) is 12.1 Å². The van der Waals surface area contributed by atoms with Crippen LogP contribution in [0.25, 0.3) is 10.4 Å². The molecule has 0 amide bonds. The number of hydrogen-bond donors (Lipinski definition) is 2. The predicted octanol–water partition coefficient (Wildman–Crippen LogP) is 0.658. The van der Waals surface area contributed by atoms with Gasteiger partial charge < -0.3 is 10.2 Å². The van der Waals surface area contributed by atoms with Crippen LogP contribution in [0.3, 0.4) is 0 Å². The van der Waals surface area contributed by atoms with E-state index in [1.807, 2.05) is 6.07 Å². The third-order valence-corrected chi connectivity index (χ3v) is 1.93. The molecule has 1 aromatic heterocycles. The zero-order chi connectivity index (χ0) is 12.0. The molecule has 0 radical (unpaired) electrons. The van der Waals surface area contributed by atoms with Gasteiger partial charge in [0.05, 0.1) is 18.2 Å². The van der Waals surface area contributed by atoms with E-state index >= 15 is 0 Å². The van der Waals surface area contributed by atoms with Crippen molar-refractivity contribution in [1.82, 2.24) is 4.98 Å². The zero-order valence-corrected chi connectivity index (χ0v) is 8.22. The molecular formula is C9H9N5O2. The minimum Gasteiger partial charge on any atom is -0.390 e. The molecule has 2 atom stereocenters. The van der Waals surface area contributed by atoms with E-state index in [9.17, 15) is 10.2 Å². The number of aromatic nitrogens is 1. The lowest BCUT2D eigenvalue weighted by Gasteiger charge is -2.15. The van der Waals surface area contributed by atoms with Crippen LogP contribution >= 0.6 is 0 Å². The van der Waals surface area contributed by atoms with Gasteiger partial charge in [0, 0.05) is 22.9 Å². The maximum Gasteiger partial charge on any atom is 0.107 e. The maximum absolute atomic E-state index is 9.65. The Labute approximate surface area is 91.2 Å². The Kier molecular flexibility index (Phi) is 4.24. The van der Waals surface area contributed by atoms with Gasteiger partial charge in [0.25, 0.3) is 0 Å². The van der Waals surface area contributed by atoms with Crippen LogP contribution < -0.4 is 0 Å². The number of aliphatic hydroxyl groups excluding tert-OH is 2. The highest BCUT2D eigenvalue weighted by Gasteiger charge is 2.18. The highest BCUT2D eigenvalue weighted by atomic mass is 16.3. The first-order valence-electron chi connectivity index (χ1n) is 4.41. The Morgan fingerprint density at radius 1 is 1.56 bits per heavy atom. The largest absolute Gasteiger partial charge is 0.390 e. The van der Waals surface area contributed by atoms with E-state index in [1.165, 1.54) is 18.5 Å². The SMILES string of the molecule is N#Cc1cncc(C(O)C(O)CN=[N+]=[N-])c1. The van der Waals surface area contributed by atoms with Crippen molar-refractivity contribution in [3.8, 4) is 6.07 Å². The van der Waals surface area contributed by atoms with Gasteiger partial charge in [0.15, 0.2) is 0 Å². The van der Waals surface area contributed by atoms with Gasteiger partial charge in [0.1, 0.15) is 12.2 Å². The van der Waals surface area contributed by atoms with Gasteiger partial charge in [-0.3, -0.25) is 4.98 Å². The molecule has 0 aliphatic carbocycles. The molecule has 0 bridgehead atoms. The smallest absolute Gasteiger partial charge is 0.107 e. The molecule has 1 heterocycles.